The number of amides is 3. The van der Waals surface area contributed by atoms with Gasteiger partial charge in [-0.2, -0.15) is 13.2 Å². The molecular weight excluding hydrogens is 443 g/mol. The van der Waals surface area contributed by atoms with Gasteiger partial charge in [-0.3, -0.25) is 14.4 Å². The monoisotopic (exact) mass is 473 g/mol. The number of anilines is 1. The highest BCUT2D eigenvalue weighted by molar-refractivity contribution is 5.99. The van der Waals surface area contributed by atoms with Crippen LogP contribution >= 0.6 is 0 Å². The first-order valence-electron chi connectivity index (χ1n) is 10.5. The Morgan fingerprint density at radius 1 is 1.24 bits per heavy atom. The number of benzene rings is 1. The maximum atomic E-state index is 13.2. The van der Waals surface area contributed by atoms with E-state index in [9.17, 15) is 27.6 Å². The predicted octanol–water partition coefficient (Wildman–Crippen LogP) is 2.93. The SMILES string of the molecule is CO[C@H]1CN(C)C(=O)c2cc(NC(=O)CC(F)(F)F)ccc2OC[C@H](C)N(C(C)=O)C[C@H]1C. The van der Waals surface area contributed by atoms with Gasteiger partial charge in [-0.1, -0.05) is 6.92 Å². The van der Waals surface area contributed by atoms with Crippen LogP contribution in [0.1, 0.15) is 37.6 Å². The van der Waals surface area contributed by atoms with Gasteiger partial charge in [0.2, 0.25) is 11.8 Å². The van der Waals surface area contributed by atoms with E-state index in [2.05, 4.69) is 5.32 Å². The minimum absolute atomic E-state index is 0.0375. The molecular formula is C22H30F3N3O5. The molecule has 11 heteroatoms. The van der Waals surface area contributed by atoms with E-state index < -0.39 is 24.4 Å². The van der Waals surface area contributed by atoms with Crippen molar-refractivity contribution in [3.63, 3.8) is 0 Å². The van der Waals surface area contributed by atoms with E-state index in [0.29, 0.717) is 6.54 Å². The van der Waals surface area contributed by atoms with Gasteiger partial charge in [0.05, 0.1) is 17.7 Å². The third-order valence-electron chi connectivity index (χ3n) is 5.49. The number of rotatable bonds is 3. The van der Waals surface area contributed by atoms with E-state index >= 15 is 0 Å². The molecule has 8 nitrogen and oxygen atoms in total. The molecule has 0 saturated carbocycles. The predicted molar refractivity (Wildman–Crippen MR) is 115 cm³/mol. The highest BCUT2D eigenvalue weighted by Crippen LogP contribution is 2.27. The number of fused-ring (bicyclic) bond motifs is 1. The Morgan fingerprint density at radius 3 is 2.48 bits per heavy atom. The second-order valence-electron chi connectivity index (χ2n) is 8.32. The summed E-state index contributed by atoms with van der Waals surface area (Å²) in [5.74, 6) is -1.71. The van der Waals surface area contributed by atoms with Crippen LogP contribution in [0.4, 0.5) is 18.9 Å². The number of hydrogen-bond acceptors (Lipinski definition) is 5. The van der Waals surface area contributed by atoms with Crippen LogP contribution in [0.2, 0.25) is 0 Å². The summed E-state index contributed by atoms with van der Waals surface area (Å²) < 4.78 is 48.9. The Balaban J connectivity index is 2.40. The molecule has 0 bridgehead atoms. The van der Waals surface area contributed by atoms with Crippen LogP contribution in [0.25, 0.3) is 0 Å². The van der Waals surface area contributed by atoms with Gasteiger partial charge in [-0.15, -0.1) is 0 Å². The van der Waals surface area contributed by atoms with Gasteiger partial charge in [0.1, 0.15) is 18.8 Å². The minimum atomic E-state index is -4.65. The number of hydrogen-bond donors (Lipinski definition) is 1. The summed E-state index contributed by atoms with van der Waals surface area (Å²) in [5.41, 5.74) is 0.113. The van der Waals surface area contributed by atoms with E-state index in [1.54, 1.807) is 11.9 Å². The summed E-state index contributed by atoms with van der Waals surface area (Å²) in [7, 11) is 3.09. The molecule has 1 aromatic carbocycles. The molecule has 0 saturated heterocycles. The molecule has 3 atom stereocenters. The van der Waals surface area contributed by atoms with Crippen LogP contribution in [0.5, 0.6) is 5.75 Å². The van der Waals surface area contributed by atoms with Crippen molar-refractivity contribution in [3.8, 4) is 5.75 Å². The topological polar surface area (TPSA) is 88.2 Å². The molecule has 1 aromatic rings. The fourth-order valence-electron chi connectivity index (χ4n) is 3.68. The lowest BCUT2D eigenvalue weighted by Gasteiger charge is -2.35. The standard InChI is InChI=1S/C22H30F3N3O5/c1-13-10-28(15(3)29)14(2)12-33-18-7-6-16(26-20(30)9-22(23,24)25)8-17(18)21(31)27(4)11-19(13)32-5/h6-8,13-14,19H,9-12H2,1-5H3,(H,26,30)/t13-,14+,19+/m1/s1. The van der Waals surface area contributed by atoms with E-state index in [1.807, 2.05) is 13.8 Å². The van der Waals surface area contributed by atoms with Gasteiger partial charge in [0.15, 0.2) is 0 Å². The molecule has 1 aliphatic heterocycles. The van der Waals surface area contributed by atoms with Crippen LogP contribution in [0, 0.1) is 5.92 Å². The first-order valence-corrected chi connectivity index (χ1v) is 10.5. The van der Waals surface area contributed by atoms with E-state index in [-0.39, 0.29) is 54.1 Å². The van der Waals surface area contributed by atoms with E-state index in [4.69, 9.17) is 9.47 Å². The molecule has 1 aliphatic rings. The van der Waals surface area contributed by atoms with Gasteiger partial charge in [0.25, 0.3) is 5.91 Å². The second kappa shape index (κ2) is 10.9. The van der Waals surface area contributed by atoms with Crippen molar-refractivity contribution in [1.82, 2.24) is 9.80 Å². The summed E-state index contributed by atoms with van der Waals surface area (Å²) in [5, 5.41) is 2.17. The molecule has 0 spiro atoms. The fourth-order valence-corrected chi connectivity index (χ4v) is 3.68. The summed E-state index contributed by atoms with van der Waals surface area (Å²) in [6.45, 7) is 5.92. The molecule has 0 aliphatic carbocycles. The van der Waals surface area contributed by atoms with Crippen LogP contribution in [-0.4, -0.2) is 79.7 Å². The van der Waals surface area contributed by atoms with Crippen LogP contribution in [0.3, 0.4) is 0 Å². The number of nitrogens with zero attached hydrogens (tertiary/aromatic N) is 2. The normalized spacial score (nSPS) is 22.5. The average molecular weight is 473 g/mol. The third kappa shape index (κ3) is 7.34. The Kier molecular flexibility index (Phi) is 8.70. The van der Waals surface area contributed by atoms with E-state index in [0.717, 1.165) is 0 Å². The first-order chi connectivity index (χ1) is 15.3. The van der Waals surface area contributed by atoms with E-state index in [1.165, 1.54) is 37.1 Å². The van der Waals surface area contributed by atoms with Crippen molar-refractivity contribution in [1.29, 1.82) is 0 Å². The zero-order chi connectivity index (χ0) is 24.9. The summed E-state index contributed by atoms with van der Waals surface area (Å²) in [4.78, 5) is 40.2. The molecule has 2 rings (SSSR count). The molecule has 1 N–H and O–H groups in total. The van der Waals surface area contributed by atoms with Crippen molar-refractivity contribution < 1.29 is 37.0 Å². The molecule has 184 valence electrons. The van der Waals surface area contributed by atoms with Gasteiger partial charge in [0, 0.05) is 45.8 Å². The highest BCUT2D eigenvalue weighted by Gasteiger charge is 2.32. The fraction of sp³-hybridized carbons (Fsp3) is 0.591. The third-order valence-corrected chi connectivity index (χ3v) is 5.49. The van der Waals surface area contributed by atoms with Crippen molar-refractivity contribution >= 4 is 23.4 Å². The zero-order valence-corrected chi connectivity index (χ0v) is 19.4. The van der Waals surface area contributed by atoms with Crippen molar-refractivity contribution in [2.45, 2.75) is 45.5 Å². The number of carbonyl (C=O) groups is 3. The van der Waals surface area contributed by atoms with Gasteiger partial charge in [-0.25, -0.2) is 0 Å². The van der Waals surface area contributed by atoms with Gasteiger partial charge >= 0.3 is 6.18 Å². The molecule has 0 aromatic heterocycles. The van der Waals surface area contributed by atoms with Gasteiger partial charge < -0.3 is 24.6 Å². The molecule has 1 heterocycles. The number of ether oxygens (including phenoxy) is 2. The number of alkyl halides is 3. The lowest BCUT2D eigenvalue weighted by atomic mass is 10.0. The van der Waals surface area contributed by atoms with Crippen LogP contribution < -0.4 is 10.1 Å². The largest absolute Gasteiger partial charge is 0.491 e. The van der Waals surface area contributed by atoms with Crippen molar-refractivity contribution in [3.05, 3.63) is 23.8 Å². The molecule has 0 unspecified atom stereocenters. The summed E-state index contributed by atoms with van der Waals surface area (Å²) >= 11 is 0. The lowest BCUT2D eigenvalue weighted by Crippen LogP contribution is -2.48. The number of nitrogens with one attached hydrogen (secondary N) is 1. The molecule has 0 fully saturated rings. The molecule has 33 heavy (non-hydrogen) atoms. The van der Waals surface area contributed by atoms with Crippen molar-refractivity contribution in [2.24, 2.45) is 5.92 Å². The first kappa shape index (κ1) is 26.4. The highest BCUT2D eigenvalue weighted by atomic mass is 19.4. The molecule has 0 radical (unpaired) electrons. The van der Waals surface area contributed by atoms with Crippen LogP contribution in [-0.2, 0) is 14.3 Å². The summed E-state index contributed by atoms with van der Waals surface area (Å²) in [6, 6.07) is 3.75. The maximum Gasteiger partial charge on any atom is 0.397 e. The van der Waals surface area contributed by atoms with Crippen LogP contribution in [0.15, 0.2) is 18.2 Å². The Bertz CT molecular complexity index is 877. The Morgan fingerprint density at radius 2 is 1.91 bits per heavy atom. The zero-order valence-electron chi connectivity index (χ0n) is 19.4. The van der Waals surface area contributed by atoms with Crippen molar-refractivity contribution in [2.75, 3.05) is 39.2 Å². The smallest absolute Gasteiger partial charge is 0.397 e. The number of halogens is 3. The molecule has 3 amide bonds. The quantitative estimate of drug-likeness (QED) is 0.730. The number of methoxy groups -OCH3 is 1. The maximum absolute atomic E-state index is 13.2. The second-order valence-corrected chi connectivity index (χ2v) is 8.32. The average Bonchev–Trinajstić information content (AvgIpc) is 2.71. The Hall–Kier alpha value is -2.82. The Labute approximate surface area is 191 Å². The lowest BCUT2D eigenvalue weighted by molar-refractivity contribution is -0.150. The van der Waals surface area contributed by atoms with Gasteiger partial charge in [-0.05, 0) is 25.1 Å². The minimum Gasteiger partial charge on any atom is -0.491 e. The number of likely N-dealkylation sites (N-methyl/N-ethyl adjacent to an activating group) is 1. The summed E-state index contributed by atoms with van der Waals surface area (Å²) in [6.07, 6.45) is -6.66. The number of carbonyl (C=O) groups excluding carboxylic acids is 3.